The fraction of sp³-hybridized carbons (Fsp3) is 0.417. The van der Waals surface area contributed by atoms with Crippen LogP contribution in [0.15, 0.2) is 24.3 Å². The number of para-hydroxylation sites is 1. The first-order valence-corrected chi connectivity index (χ1v) is 5.40. The smallest absolute Gasteiger partial charge is 0.347 e. The van der Waals surface area contributed by atoms with Crippen LogP contribution >= 0.6 is 0 Å². The summed E-state index contributed by atoms with van der Waals surface area (Å²) in [5, 5.41) is 0. The van der Waals surface area contributed by atoms with Gasteiger partial charge in [-0.05, 0) is 13.0 Å². The number of nitrogens with two attached hydrogens (primary N) is 1. The Balaban J connectivity index is 2.18. The minimum absolute atomic E-state index is 0.167. The van der Waals surface area contributed by atoms with Gasteiger partial charge >= 0.3 is 5.97 Å². The van der Waals surface area contributed by atoms with E-state index in [0.29, 0.717) is 18.8 Å². The Kier molecular flexibility index (Phi) is 3.10. The fourth-order valence-electron chi connectivity index (χ4n) is 1.83. The fourth-order valence-corrected chi connectivity index (χ4v) is 1.83. The lowest BCUT2D eigenvalue weighted by atomic mass is 9.97. The Hall–Kier alpha value is -1.55. The second-order valence-corrected chi connectivity index (χ2v) is 3.74. The molecule has 2 unspecified atom stereocenters. The topological polar surface area (TPSA) is 61.5 Å². The van der Waals surface area contributed by atoms with Crippen LogP contribution in [0.4, 0.5) is 0 Å². The van der Waals surface area contributed by atoms with Crippen molar-refractivity contribution in [2.24, 2.45) is 5.73 Å². The number of carbonyl (C=O) groups is 1. The van der Waals surface area contributed by atoms with Gasteiger partial charge in [0.15, 0.2) is 6.10 Å². The molecule has 0 aromatic heterocycles. The zero-order valence-electron chi connectivity index (χ0n) is 9.18. The minimum Gasteiger partial charge on any atom is -0.478 e. The molecule has 4 nitrogen and oxygen atoms in total. The first kappa shape index (κ1) is 11.0. The second-order valence-electron chi connectivity index (χ2n) is 3.74. The highest BCUT2D eigenvalue weighted by molar-refractivity contribution is 5.75. The third-order valence-corrected chi connectivity index (χ3v) is 2.61. The molecule has 2 N–H and O–H groups in total. The van der Waals surface area contributed by atoms with Crippen molar-refractivity contribution in [3.05, 3.63) is 29.8 Å². The van der Waals surface area contributed by atoms with Crippen molar-refractivity contribution in [1.29, 1.82) is 0 Å². The number of esters is 1. The molecule has 0 amide bonds. The Morgan fingerprint density at radius 3 is 3.06 bits per heavy atom. The average molecular weight is 221 g/mol. The summed E-state index contributed by atoms with van der Waals surface area (Å²) < 4.78 is 10.5. The lowest BCUT2D eigenvalue weighted by Crippen LogP contribution is -2.36. The molecule has 1 aliphatic heterocycles. The van der Waals surface area contributed by atoms with Crippen LogP contribution in [0.3, 0.4) is 0 Å². The van der Waals surface area contributed by atoms with E-state index >= 15 is 0 Å². The van der Waals surface area contributed by atoms with Gasteiger partial charge in [-0.15, -0.1) is 0 Å². The summed E-state index contributed by atoms with van der Waals surface area (Å²) in [6, 6.07) is 7.34. The lowest BCUT2D eigenvalue weighted by molar-refractivity contribution is -0.152. The number of hydrogen-bond donors (Lipinski definition) is 1. The van der Waals surface area contributed by atoms with Gasteiger partial charge in [0.1, 0.15) is 5.75 Å². The number of hydrogen-bond acceptors (Lipinski definition) is 4. The molecule has 0 fully saturated rings. The monoisotopic (exact) mass is 221 g/mol. The molecule has 1 heterocycles. The van der Waals surface area contributed by atoms with E-state index in [0.717, 1.165) is 5.56 Å². The van der Waals surface area contributed by atoms with Gasteiger partial charge in [-0.1, -0.05) is 18.2 Å². The Morgan fingerprint density at radius 1 is 1.56 bits per heavy atom. The molecule has 0 aliphatic carbocycles. The Bertz CT molecular complexity index is 392. The SMILES string of the molecule is CCOC(=O)C1CC(N)c2ccccc2O1. The van der Waals surface area contributed by atoms with Gasteiger partial charge in [-0.25, -0.2) is 4.79 Å². The van der Waals surface area contributed by atoms with E-state index in [4.69, 9.17) is 15.2 Å². The summed E-state index contributed by atoms with van der Waals surface area (Å²) in [7, 11) is 0. The van der Waals surface area contributed by atoms with Crippen LogP contribution in [-0.4, -0.2) is 18.7 Å². The number of rotatable bonds is 2. The van der Waals surface area contributed by atoms with Crippen LogP contribution in [0.2, 0.25) is 0 Å². The van der Waals surface area contributed by atoms with Crippen molar-refractivity contribution < 1.29 is 14.3 Å². The molecule has 1 aliphatic rings. The molecule has 86 valence electrons. The number of fused-ring (bicyclic) bond motifs is 1. The Morgan fingerprint density at radius 2 is 2.31 bits per heavy atom. The zero-order valence-corrected chi connectivity index (χ0v) is 9.18. The Labute approximate surface area is 94.3 Å². The summed E-state index contributed by atoms with van der Waals surface area (Å²) in [6.07, 6.45) is -0.111. The van der Waals surface area contributed by atoms with Crippen LogP contribution < -0.4 is 10.5 Å². The van der Waals surface area contributed by atoms with Gasteiger partial charge in [0.25, 0.3) is 0 Å². The maximum atomic E-state index is 11.6. The number of carbonyl (C=O) groups excluding carboxylic acids is 1. The predicted octanol–water partition coefficient (Wildman–Crippen LogP) is 1.40. The maximum absolute atomic E-state index is 11.6. The van der Waals surface area contributed by atoms with E-state index in [2.05, 4.69) is 0 Å². The quantitative estimate of drug-likeness (QED) is 0.767. The van der Waals surface area contributed by atoms with Crippen LogP contribution in [0.1, 0.15) is 24.9 Å². The van der Waals surface area contributed by atoms with Crippen molar-refractivity contribution in [3.8, 4) is 5.75 Å². The molecule has 2 atom stereocenters. The predicted molar refractivity (Wildman–Crippen MR) is 59.0 cm³/mol. The molecule has 0 saturated carbocycles. The third kappa shape index (κ3) is 2.02. The van der Waals surface area contributed by atoms with Gasteiger partial charge < -0.3 is 15.2 Å². The molecule has 1 aromatic rings. The molecular formula is C12H15NO3. The van der Waals surface area contributed by atoms with Gasteiger partial charge in [0, 0.05) is 18.0 Å². The first-order valence-electron chi connectivity index (χ1n) is 5.40. The van der Waals surface area contributed by atoms with E-state index in [-0.39, 0.29) is 12.0 Å². The van der Waals surface area contributed by atoms with E-state index in [1.807, 2.05) is 24.3 Å². The zero-order chi connectivity index (χ0) is 11.5. The second kappa shape index (κ2) is 4.53. The van der Waals surface area contributed by atoms with Crippen LogP contribution in [0, 0.1) is 0 Å². The molecule has 16 heavy (non-hydrogen) atoms. The van der Waals surface area contributed by atoms with E-state index in [9.17, 15) is 4.79 Å². The summed E-state index contributed by atoms with van der Waals surface area (Å²) in [5.41, 5.74) is 6.93. The lowest BCUT2D eigenvalue weighted by Gasteiger charge is -2.28. The molecule has 0 saturated heterocycles. The van der Waals surface area contributed by atoms with Crippen molar-refractivity contribution in [2.75, 3.05) is 6.61 Å². The van der Waals surface area contributed by atoms with Gasteiger partial charge in [-0.2, -0.15) is 0 Å². The van der Waals surface area contributed by atoms with Crippen molar-refractivity contribution in [3.63, 3.8) is 0 Å². The molecule has 0 bridgehead atoms. The molecular weight excluding hydrogens is 206 g/mol. The van der Waals surface area contributed by atoms with Gasteiger partial charge in [0.05, 0.1) is 6.61 Å². The molecule has 0 spiro atoms. The standard InChI is InChI=1S/C12H15NO3/c1-2-15-12(14)11-7-9(13)8-5-3-4-6-10(8)16-11/h3-6,9,11H,2,7,13H2,1H3. The van der Waals surface area contributed by atoms with Crippen molar-refractivity contribution in [2.45, 2.75) is 25.5 Å². The van der Waals surface area contributed by atoms with Gasteiger partial charge in [0.2, 0.25) is 0 Å². The summed E-state index contributed by atoms with van der Waals surface area (Å²) in [6.45, 7) is 2.13. The first-order chi connectivity index (χ1) is 7.72. The molecule has 1 aromatic carbocycles. The van der Waals surface area contributed by atoms with Crippen molar-refractivity contribution in [1.82, 2.24) is 0 Å². The van der Waals surface area contributed by atoms with Crippen LogP contribution in [-0.2, 0) is 9.53 Å². The largest absolute Gasteiger partial charge is 0.478 e. The highest BCUT2D eigenvalue weighted by Crippen LogP contribution is 2.33. The number of ether oxygens (including phenoxy) is 2. The van der Waals surface area contributed by atoms with E-state index in [1.165, 1.54) is 0 Å². The van der Waals surface area contributed by atoms with Crippen LogP contribution in [0.5, 0.6) is 5.75 Å². The van der Waals surface area contributed by atoms with E-state index in [1.54, 1.807) is 6.92 Å². The van der Waals surface area contributed by atoms with E-state index < -0.39 is 6.10 Å². The maximum Gasteiger partial charge on any atom is 0.347 e. The van der Waals surface area contributed by atoms with Crippen molar-refractivity contribution >= 4 is 5.97 Å². The molecule has 2 rings (SSSR count). The van der Waals surface area contributed by atoms with Gasteiger partial charge in [-0.3, -0.25) is 0 Å². The summed E-state index contributed by atoms with van der Waals surface area (Å²) in [5.74, 6) is 0.340. The highest BCUT2D eigenvalue weighted by Gasteiger charge is 2.31. The molecule has 0 radical (unpaired) electrons. The third-order valence-electron chi connectivity index (χ3n) is 2.61. The summed E-state index contributed by atoms with van der Waals surface area (Å²) in [4.78, 5) is 11.6. The summed E-state index contributed by atoms with van der Waals surface area (Å²) >= 11 is 0. The minimum atomic E-state index is -0.579. The molecule has 4 heteroatoms. The normalized spacial score (nSPS) is 23.1. The number of benzene rings is 1. The average Bonchev–Trinajstić information content (AvgIpc) is 2.29. The highest BCUT2D eigenvalue weighted by atomic mass is 16.6. The van der Waals surface area contributed by atoms with Crippen LogP contribution in [0.25, 0.3) is 0 Å².